The standard InChI is InChI=1S/C14H17FN4/c1-4-16-13-8-14(18-10(3)17-13)19-12-6-5-11(15)7-9(12)2/h5-8H,4H2,1-3H3,(H2,16,17,18,19). The molecule has 1 heterocycles. The molecule has 100 valence electrons. The van der Waals surface area contributed by atoms with Crippen LogP contribution in [0.4, 0.5) is 21.7 Å². The first-order valence-electron chi connectivity index (χ1n) is 6.21. The second-order valence-corrected chi connectivity index (χ2v) is 4.30. The molecule has 0 amide bonds. The smallest absolute Gasteiger partial charge is 0.136 e. The normalized spacial score (nSPS) is 10.3. The molecule has 0 saturated heterocycles. The third-order valence-electron chi connectivity index (χ3n) is 2.65. The van der Waals surface area contributed by atoms with Gasteiger partial charge in [0.1, 0.15) is 23.3 Å². The zero-order valence-corrected chi connectivity index (χ0v) is 11.3. The Morgan fingerprint density at radius 3 is 2.53 bits per heavy atom. The van der Waals surface area contributed by atoms with Crippen molar-refractivity contribution >= 4 is 17.3 Å². The summed E-state index contributed by atoms with van der Waals surface area (Å²) in [5.74, 6) is 1.91. The van der Waals surface area contributed by atoms with Crippen molar-refractivity contribution in [2.24, 2.45) is 0 Å². The molecule has 0 spiro atoms. The summed E-state index contributed by atoms with van der Waals surface area (Å²) in [6.07, 6.45) is 0. The first-order chi connectivity index (χ1) is 9.08. The van der Waals surface area contributed by atoms with Crippen LogP contribution in [0.25, 0.3) is 0 Å². The highest BCUT2D eigenvalue weighted by atomic mass is 19.1. The Morgan fingerprint density at radius 2 is 1.84 bits per heavy atom. The van der Waals surface area contributed by atoms with Gasteiger partial charge in [0.2, 0.25) is 0 Å². The van der Waals surface area contributed by atoms with Crippen molar-refractivity contribution in [3.05, 3.63) is 41.5 Å². The van der Waals surface area contributed by atoms with Gasteiger partial charge in [-0.05, 0) is 44.5 Å². The van der Waals surface area contributed by atoms with Gasteiger partial charge in [0.25, 0.3) is 0 Å². The van der Waals surface area contributed by atoms with E-state index < -0.39 is 0 Å². The Balaban J connectivity index is 2.27. The van der Waals surface area contributed by atoms with Crippen molar-refractivity contribution < 1.29 is 4.39 Å². The van der Waals surface area contributed by atoms with Gasteiger partial charge < -0.3 is 10.6 Å². The van der Waals surface area contributed by atoms with E-state index >= 15 is 0 Å². The number of hydrogen-bond acceptors (Lipinski definition) is 4. The lowest BCUT2D eigenvalue weighted by molar-refractivity contribution is 0.627. The summed E-state index contributed by atoms with van der Waals surface area (Å²) in [6.45, 7) is 6.49. The molecule has 19 heavy (non-hydrogen) atoms. The summed E-state index contributed by atoms with van der Waals surface area (Å²) in [7, 11) is 0. The van der Waals surface area contributed by atoms with Crippen molar-refractivity contribution in [1.29, 1.82) is 0 Å². The molecule has 0 aliphatic heterocycles. The Kier molecular flexibility index (Phi) is 3.94. The average Bonchev–Trinajstić information content (AvgIpc) is 2.32. The van der Waals surface area contributed by atoms with Crippen LogP contribution >= 0.6 is 0 Å². The number of rotatable bonds is 4. The van der Waals surface area contributed by atoms with Crippen molar-refractivity contribution in [3.8, 4) is 0 Å². The number of anilines is 3. The molecule has 0 bridgehead atoms. The third kappa shape index (κ3) is 3.40. The number of benzene rings is 1. The predicted molar refractivity (Wildman–Crippen MR) is 75.4 cm³/mol. The fourth-order valence-corrected chi connectivity index (χ4v) is 1.81. The maximum atomic E-state index is 13.1. The van der Waals surface area contributed by atoms with Gasteiger partial charge in [-0.1, -0.05) is 0 Å². The first-order valence-corrected chi connectivity index (χ1v) is 6.21. The minimum atomic E-state index is -0.241. The second-order valence-electron chi connectivity index (χ2n) is 4.30. The van der Waals surface area contributed by atoms with Crippen molar-refractivity contribution in [2.75, 3.05) is 17.2 Å². The van der Waals surface area contributed by atoms with E-state index in [4.69, 9.17) is 0 Å². The van der Waals surface area contributed by atoms with Crippen LogP contribution in [0, 0.1) is 19.7 Å². The maximum Gasteiger partial charge on any atom is 0.136 e. The summed E-state index contributed by atoms with van der Waals surface area (Å²) in [5.41, 5.74) is 1.67. The molecule has 2 N–H and O–H groups in total. The van der Waals surface area contributed by atoms with Crippen LogP contribution in [-0.4, -0.2) is 16.5 Å². The second kappa shape index (κ2) is 5.65. The monoisotopic (exact) mass is 260 g/mol. The quantitative estimate of drug-likeness (QED) is 0.884. The first kappa shape index (κ1) is 13.3. The Morgan fingerprint density at radius 1 is 1.11 bits per heavy atom. The zero-order chi connectivity index (χ0) is 13.8. The summed E-state index contributed by atoms with van der Waals surface area (Å²) in [6, 6.07) is 6.45. The van der Waals surface area contributed by atoms with Gasteiger partial charge >= 0.3 is 0 Å². The molecule has 0 saturated carbocycles. The van der Waals surface area contributed by atoms with Crippen LogP contribution in [0.3, 0.4) is 0 Å². The summed E-state index contributed by atoms with van der Waals surface area (Å²) >= 11 is 0. The minimum absolute atomic E-state index is 0.241. The van der Waals surface area contributed by atoms with E-state index in [0.29, 0.717) is 11.6 Å². The Hall–Kier alpha value is -2.17. The van der Waals surface area contributed by atoms with E-state index in [1.807, 2.05) is 26.8 Å². The van der Waals surface area contributed by atoms with Gasteiger partial charge in [0, 0.05) is 18.3 Å². The third-order valence-corrected chi connectivity index (χ3v) is 2.65. The van der Waals surface area contributed by atoms with E-state index in [9.17, 15) is 4.39 Å². The zero-order valence-electron chi connectivity index (χ0n) is 11.3. The number of nitrogens with zero attached hydrogens (tertiary/aromatic N) is 2. The highest BCUT2D eigenvalue weighted by Gasteiger charge is 2.04. The van der Waals surface area contributed by atoms with E-state index in [1.54, 1.807) is 6.07 Å². The fourth-order valence-electron chi connectivity index (χ4n) is 1.81. The number of aryl methyl sites for hydroxylation is 2. The lowest BCUT2D eigenvalue weighted by Gasteiger charge is -2.11. The van der Waals surface area contributed by atoms with Crippen molar-refractivity contribution in [2.45, 2.75) is 20.8 Å². The van der Waals surface area contributed by atoms with Gasteiger partial charge in [0.15, 0.2) is 0 Å². The summed E-state index contributed by atoms with van der Waals surface area (Å²) in [4.78, 5) is 8.60. The average molecular weight is 260 g/mol. The van der Waals surface area contributed by atoms with Crippen LogP contribution in [-0.2, 0) is 0 Å². The van der Waals surface area contributed by atoms with Gasteiger partial charge in [0.05, 0.1) is 0 Å². The molecule has 4 nitrogen and oxygen atoms in total. The van der Waals surface area contributed by atoms with E-state index in [-0.39, 0.29) is 5.82 Å². The van der Waals surface area contributed by atoms with Gasteiger partial charge in [-0.3, -0.25) is 0 Å². The van der Waals surface area contributed by atoms with Gasteiger partial charge in [-0.25, -0.2) is 14.4 Å². The Labute approximate surface area is 112 Å². The number of nitrogens with one attached hydrogen (secondary N) is 2. The molecule has 0 aliphatic carbocycles. The van der Waals surface area contributed by atoms with Gasteiger partial charge in [-0.15, -0.1) is 0 Å². The van der Waals surface area contributed by atoms with E-state index in [1.165, 1.54) is 12.1 Å². The van der Waals surface area contributed by atoms with E-state index in [2.05, 4.69) is 20.6 Å². The van der Waals surface area contributed by atoms with Crippen LogP contribution < -0.4 is 10.6 Å². The molecule has 1 aromatic carbocycles. The Bertz CT molecular complexity index is 584. The van der Waals surface area contributed by atoms with Crippen LogP contribution in [0.15, 0.2) is 24.3 Å². The molecule has 2 aromatic rings. The maximum absolute atomic E-state index is 13.1. The number of aromatic nitrogens is 2. The van der Waals surface area contributed by atoms with Crippen molar-refractivity contribution in [1.82, 2.24) is 9.97 Å². The SMILES string of the molecule is CCNc1cc(Nc2ccc(F)cc2C)nc(C)n1. The molecule has 1 aromatic heterocycles. The summed E-state index contributed by atoms with van der Waals surface area (Å²) < 4.78 is 13.1. The van der Waals surface area contributed by atoms with Gasteiger partial charge in [-0.2, -0.15) is 0 Å². The number of hydrogen-bond donors (Lipinski definition) is 2. The topological polar surface area (TPSA) is 49.8 Å². The molecule has 0 unspecified atom stereocenters. The van der Waals surface area contributed by atoms with E-state index in [0.717, 1.165) is 23.6 Å². The summed E-state index contributed by atoms with van der Waals surface area (Å²) in [5, 5.41) is 6.33. The predicted octanol–water partition coefficient (Wildman–Crippen LogP) is 3.41. The molecule has 5 heteroatoms. The highest BCUT2D eigenvalue weighted by molar-refractivity contribution is 5.62. The molecular weight excluding hydrogens is 243 g/mol. The fraction of sp³-hybridized carbons (Fsp3) is 0.286. The lowest BCUT2D eigenvalue weighted by atomic mass is 10.2. The molecule has 0 atom stereocenters. The van der Waals surface area contributed by atoms with Crippen LogP contribution in [0.1, 0.15) is 18.3 Å². The lowest BCUT2D eigenvalue weighted by Crippen LogP contribution is -2.04. The van der Waals surface area contributed by atoms with Crippen LogP contribution in [0.5, 0.6) is 0 Å². The van der Waals surface area contributed by atoms with Crippen molar-refractivity contribution in [3.63, 3.8) is 0 Å². The van der Waals surface area contributed by atoms with Crippen LogP contribution in [0.2, 0.25) is 0 Å². The molecule has 0 radical (unpaired) electrons. The largest absolute Gasteiger partial charge is 0.370 e. The molecule has 0 aliphatic rings. The minimum Gasteiger partial charge on any atom is -0.370 e. The molecule has 0 fully saturated rings. The number of halogens is 1. The molecule has 2 rings (SSSR count). The highest BCUT2D eigenvalue weighted by Crippen LogP contribution is 2.21. The molecular formula is C14H17FN4.